The first-order valence-corrected chi connectivity index (χ1v) is 6.28. The van der Waals surface area contributed by atoms with E-state index in [-0.39, 0.29) is 0 Å². The Bertz CT molecular complexity index is 262. The molecule has 0 bridgehead atoms. The molecule has 4 heteroatoms. The molecule has 1 rings (SSSR count). The highest BCUT2D eigenvalue weighted by molar-refractivity contribution is 7.15. The fraction of sp³-hybridized carbons (Fsp3) is 0.700. The smallest absolute Gasteiger partial charge is 0.183 e. The summed E-state index contributed by atoms with van der Waals surface area (Å²) in [5.74, 6) is 0. The van der Waals surface area contributed by atoms with Gasteiger partial charge in [-0.3, -0.25) is 4.90 Å². The van der Waals surface area contributed by atoms with Crippen LogP contribution in [-0.4, -0.2) is 23.0 Å². The van der Waals surface area contributed by atoms with Crippen LogP contribution < -0.4 is 0 Å². The van der Waals surface area contributed by atoms with Gasteiger partial charge in [0.05, 0.1) is 0 Å². The Hall–Kier alpha value is -0.120. The van der Waals surface area contributed by atoms with Crippen molar-refractivity contribution in [3.05, 3.63) is 15.5 Å². The van der Waals surface area contributed by atoms with Crippen molar-refractivity contribution >= 4 is 22.9 Å². The molecule has 0 aliphatic rings. The summed E-state index contributed by atoms with van der Waals surface area (Å²) in [6.07, 6.45) is 4.39. The van der Waals surface area contributed by atoms with Gasteiger partial charge in [0.1, 0.15) is 0 Å². The molecule has 0 spiro atoms. The molecule has 0 unspecified atom stereocenters. The Morgan fingerprint density at radius 3 is 2.79 bits per heavy atom. The van der Waals surface area contributed by atoms with Gasteiger partial charge in [-0.25, -0.2) is 4.98 Å². The Balaban J connectivity index is 2.40. The van der Waals surface area contributed by atoms with Crippen LogP contribution in [-0.2, 0) is 6.54 Å². The van der Waals surface area contributed by atoms with Crippen LogP contribution in [0.4, 0.5) is 0 Å². The number of halogens is 1. The van der Waals surface area contributed by atoms with Crippen LogP contribution in [0.25, 0.3) is 0 Å². The Kier molecular flexibility index (Phi) is 5.45. The molecule has 0 saturated heterocycles. The maximum Gasteiger partial charge on any atom is 0.183 e. The Morgan fingerprint density at radius 1 is 1.50 bits per heavy atom. The van der Waals surface area contributed by atoms with Gasteiger partial charge in [0.25, 0.3) is 0 Å². The molecule has 0 radical (unpaired) electrons. The molecule has 0 fully saturated rings. The monoisotopic (exact) mass is 232 g/mol. The number of rotatable bonds is 6. The fourth-order valence-corrected chi connectivity index (χ4v) is 2.33. The number of hydrogen-bond acceptors (Lipinski definition) is 3. The molecule has 14 heavy (non-hydrogen) atoms. The SMILES string of the molecule is CCCCN(CC)Cc1cnc(Cl)s1. The second kappa shape index (κ2) is 6.38. The molecule has 0 N–H and O–H groups in total. The highest BCUT2D eigenvalue weighted by atomic mass is 35.5. The van der Waals surface area contributed by atoms with E-state index in [1.54, 1.807) is 11.3 Å². The normalized spacial score (nSPS) is 11.1. The Morgan fingerprint density at radius 2 is 2.29 bits per heavy atom. The van der Waals surface area contributed by atoms with Gasteiger partial charge in [0, 0.05) is 17.6 Å². The molecular formula is C10H17ClN2S. The molecule has 2 nitrogen and oxygen atoms in total. The molecule has 80 valence electrons. The van der Waals surface area contributed by atoms with Crippen LogP contribution in [0.3, 0.4) is 0 Å². The zero-order valence-electron chi connectivity index (χ0n) is 8.79. The van der Waals surface area contributed by atoms with Crippen molar-refractivity contribution in [3.8, 4) is 0 Å². The number of unbranched alkanes of at least 4 members (excludes halogenated alkanes) is 1. The van der Waals surface area contributed by atoms with E-state index in [0.717, 1.165) is 13.1 Å². The van der Waals surface area contributed by atoms with Gasteiger partial charge in [-0.1, -0.05) is 31.9 Å². The first kappa shape index (κ1) is 12.0. The van der Waals surface area contributed by atoms with Crippen molar-refractivity contribution in [2.45, 2.75) is 33.2 Å². The van der Waals surface area contributed by atoms with Gasteiger partial charge >= 0.3 is 0 Å². The van der Waals surface area contributed by atoms with Crippen molar-refractivity contribution < 1.29 is 0 Å². The minimum atomic E-state index is 0.645. The summed E-state index contributed by atoms with van der Waals surface area (Å²) in [5.41, 5.74) is 0. The highest BCUT2D eigenvalue weighted by Gasteiger charge is 2.05. The maximum absolute atomic E-state index is 5.78. The van der Waals surface area contributed by atoms with E-state index in [1.165, 1.54) is 24.3 Å². The number of hydrogen-bond donors (Lipinski definition) is 0. The zero-order valence-corrected chi connectivity index (χ0v) is 10.4. The molecule has 0 aliphatic carbocycles. The van der Waals surface area contributed by atoms with Crippen LogP contribution in [0.1, 0.15) is 31.6 Å². The topological polar surface area (TPSA) is 16.1 Å². The van der Waals surface area contributed by atoms with Gasteiger partial charge in [-0.15, -0.1) is 11.3 Å². The lowest BCUT2D eigenvalue weighted by Gasteiger charge is -2.18. The van der Waals surface area contributed by atoms with Crippen LogP contribution in [0.2, 0.25) is 4.47 Å². The van der Waals surface area contributed by atoms with Crippen molar-refractivity contribution in [2.75, 3.05) is 13.1 Å². The average Bonchev–Trinajstić information content (AvgIpc) is 2.58. The maximum atomic E-state index is 5.78. The summed E-state index contributed by atoms with van der Waals surface area (Å²) in [6, 6.07) is 0. The molecule has 0 amide bonds. The number of thiazole rings is 1. The first-order chi connectivity index (χ1) is 6.76. The molecule has 0 atom stereocenters. The van der Waals surface area contributed by atoms with Crippen LogP contribution >= 0.6 is 22.9 Å². The van der Waals surface area contributed by atoms with Gasteiger partial charge < -0.3 is 0 Å². The number of aromatic nitrogens is 1. The lowest BCUT2D eigenvalue weighted by Crippen LogP contribution is -2.23. The molecule has 0 aliphatic heterocycles. The molecule has 0 aromatic carbocycles. The summed E-state index contributed by atoms with van der Waals surface area (Å²) < 4.78 is 0.645. The van der Waals surface area contributed by atoms with Crippen LogP contribution in [0, 0.1) is 0 Å². The minimum absolute atomic E-state index is 0.645. The molecule has 1 aromatic heterocycles. The van der Waals surface area contributed by atoms with Gasteiger partial charge in [-0.2, -0.15) is 0 Å². The molecule has 1 aromatic rings. The Labute approximate surface area is 94.9 Å². The second-order valence-corrected chi connectivity index (χ2v) is 5.00. The summed E-state index contributed by atoms with van der Waals surface area (Å²) in [5, 5.41) is 0. The summed E-state index contributed by atoms with van der Waals surface area (Å²) in [6.45, 7) is 7.66. The van der Waals surface area contributed by atoms with E-state index in [9.17, 15) is 0 Å². The van der Waals surface area contributed by atoms with Crippen molar-refractivity contribution in [2.24, 2.45) is 0 Å². The lowest BCUT2D eigenvalue weighted by atomic mass is 10.3. The molecule has 1 heterocycles. The van der Waals surface area contributed by atoms with Crippen LogP contribution in [0.5, 0.6) is 0 Å². The quantitative estimate of drug-likeness (QED) is 0.747. The minimum Gasteiger partial charge on any atom is -0.298 e. The van der Waals surface area contributed by atoms with Gasteiger partial charge in [0.15, 0.2) is 4.47 Å². The van der Waals surface area contributed by atoms with Gasteiger partial charge in [0.2, 0.25) is 0 Å². The zero-order chi connectivity index (χ0) is 10.4. The first-order valence-electron chi connectivity index (χ1n) is 5.08. The van der Waals surface area contributed by atoms with E-state index in [2.05, 4.69) is 23.7 Å². The fourth-order valence-electron chi connectivity index (χ4n) is 1.31. The second-order valence-electron chi connectivity index (χ2n) is 3.30. The highest BCUT2D eigenvalue weighted by Crippen LogP contribution is 2.19. The van der Waals surface area contributed by atoms with E-state index in [4.69, 9.17) is 11.6 Å². The van der Waals surface area contributed by atoms with E-state index in [1.807, 2.05) is 6.20 Å². The summed E-state index contributed by atoms with van der Waals surface area (Å²) in [7, 11) is 0. The molecular weight excluding hydrogens is 216 g/mol. The standard InChI is InChI=1S/C10H17ClN2S/c1-3-5-6-13(4-2)8-9-7-12-10(11)14-9/h7H,3-6,8H2,1-2H3. The predicted octanol–water partition coefficient (Wildman–Crippen LogP) is 3.42. The average molecular weight is 233 g/mol. The number of nitrogens with zero attached hydrogens (tertiary/aromatic N) is 2. The lowest BCUT2D eigenvalue weighted by molar-refractivity contribution is 0.277. The van der Waals surface area contributed by atoms with E-state index < -0.39 is 0 Å². The largest absolute Gasteiger partial charge is 0.298 e. The van der Waals surface area contributed by atoms with Crippen molar-refractivity contribution in [1.82, 2.24) is 9.88 Å². The van der Waals surface area contributed by atoms with Gasteiger partial charge in [-0.05, 0) is 19.5 Å². The summed E-state index contributed by atoms with van der Waals surface area (Å²) >= 11 is 7.36. The summed E-state index contributed by atoms with van der Waals surface area (Å²) in [4.78, 5) is 7.72. The third kappa shape index (κ3) is 3.95. The van der Waals surface area contributed by atoms with Crippen LogP contribution in [0.15, 0.2) is 6.20 Å². The van der Waals surface area contributed by atoms with E-state index in [0.29, 0.717) is 4.47 Å². The van der Waals surface area contributed by atoms with Crippen molar-refractivity contribution in [3.63, 3.8) is 0 Å². The molecule has 0 saturated carbocycles. The predicted molar refractivity (Wildman–Crippen MR) is 63.0 cm³/mol. The van der Waals surface area contributed by atoms with Crippen molar-refractivity contribution in [1.29, 1.82) is 0 Å². The third-order valence-electron chi connectivity index (χ3n) is 2.18. The third-order valence-corrected chi connectivity index (χ3v) is 3.28. The van der Waals surface area contributed by atoms with E-state index >= 15 is 0 Å².